The van der Waals surface area contributed by atoms with Crippen LogP contribution >= 0.6 is 0 Å². The predicted octanol–water partition coefficient (Wildman–Crippen LogP) is 2.97. The summed E-state index contributed by atoms with van der Waals surface area (Å²) in [5.74, 6) is 0.343. The lowest BCUT2D eigenvalue weighted by molar-refractivity contribution is 0.631. The van der Waals surface area contributed by atoms with Crippen LogP contribution in [0.25, 0.3) is 22.2 Å². The molecule has 1 atom stereocenters. The van der Waals surface area contributed by atoms with Gasteiger partial charge in [-0.25, -0.2) is 14.4 Å². The highest BCUT2D eigenvalue weighted by Crippen LogP contribution is 2.30. The number of nitrogens with two attached hydrogens (primary N) is 1. The van der Waals surface area contributed by atoms with Gasteiger partial charge in [0.05, 0.1) is 11.2 Å². The minimum Gasteiger partial charge on any atom is -0.339 e. The Morgan fingerprint density at radius 1 is 1.04 bits per heavy atom. The van der Waals surface area contributed by atoms with Gasteiger partial charge >= 0.3 is 0 Å². The summed E-state index contributed by atoms with van der Waals surface area (Å²) in [7, 11) is 0. The Bertz CT molecular complexity index is 865. The number of anilines is 1. The second kappa shape index (κ2) is 5.59. The van der Waals surface area contributed by atoms with Crippen molar-refractivity contribution < 1.29 is 4.39 Å². The van der Waals surface area contributed by atoms with E-state index in [2.05, 4.69) is 14.9 Å². The Morgan fingerprint density at radius 2 is 1.83 bits per heavy atom. The van der Waals surface area contributed by atoms with Crippen molar-refractivity contribution in [2.75, 3.05) is 18.0 Å². The monoisotopic (exact) mass is 308 g/mol. The first-order valence-electron chi connectivity index (χ1n) is 7.74. The number of para-hydroxylation sites is 1. The molecule has 0 amide bonds. The van der Waals surface area contributed by atoms with Gasteiger partial charge in [0.1, 0.15) is 5.82 Å². The Morgan fingerprint density at radius 3 is 2.61 bits per heavy atom. The molecule has 2 aromatic carbocycles. The summed E-state index contributed by atoms with van der Waals surface area (Å²) in [5, 5.41) is 0.852. The maximum atomic E-state index is 14.3. The maximum Gasteiger partial charge on any atom is 0.226 e. The Labute approximate surface area is 133 Å². The fraction of sp³-hybridized carbons (Fsp3) is 0.222. The number of aromatic nitrogens is 2. The Hall–Kier alpha value is -2.53. The van der Waals surface area contributed by atoms with Gasteiger partial charge in [-0.3, -0.25) is 0 Å². The highest BCUT2D eigenvalue weighted by atomic mass is 19.1. The summed E-state index contributed by atoms with van der Waals surface area (Å²) in [4.78, 5) is 11.4. The van der Waals surface area contributed by atoms with Crippen molar-refractivity contribution in [3.05, 3.63) is 54.3 Å². The van der Waals surface area contributed by atoms with Gasteiger partial charge in [-0.2, -0.15) is 0 Å². The molecule has 4 nitrogen and oxygen atoms in total. The molecule has 0 spiro atoms. The number of fused-ring (bicyclic) bond motifs is 1. The van der Waals surface area contributed by atoms with E-state index in [0.717, 1.165) is 30.4 Å². The number of nitrogens with zero attached hydrogens (tertiary/aromatic N) is 3. The molecule has 0 saturated carbocycles. The normalized spacial score (nSPS) is 17.8. The lowest BCUT2D eigenvalue weighted by atomic mass is 10.1. The molecule has 4 rings (SSSR count). The molecule has 2 heterocycles. The molecule has 1 aliphatic rings. The number of rotatable bonds is 2. The second-order valence-electron chi connectivity index (χ2n) is 5.86. The van der Waals surface area contributed by atoms with Gasteiger partial charge in [0.25, 0.3) is 0 Å². The van der Waals surface area contributed by atoms with Crippen LogP contribution in [0.5, 0.6) is 0 Å². The summed E-state index contributed by atoms with van der Waals surface area (Å²) in [6.07, 6.45) is 0.922. The number of hydrogen-bond acceptors (Lipinski definition) is 4. The summed E-state index contributed by atoms with van der Waals surface area (Å²) in [6, 6.07) is 14.6. The van der Waals surface area contributed by atoms with Gasteiger partial charge in [0.2, 0.25) is 5.95 Å². The fourth-order valence-electron chi connectivity index (χ4n) is 3.03. The molecule has 116 valence electrons. The van der Waals surface area contributed by atoms with Crippen molar-refractivity contribution in [2.24, 2.45) is 5.73 Å². The zero-order chi connectivity index (χ0) is 15.8. The largest absolute Gasteiger partial charge is 0.339 e. The van der Waals surface area contributed by atoms with Crippen LogP contribution in [0.3, 0.4) is 0 Å². The predicted molar refractivity (Wildman–Crippen MR) is 89.7 cm³/mol. The van der Waals surface area contributed by atoms with Crippen LogP contribution in [0.2, 0.25) is 0 Å². The van der Waals surface area contributed by atoms with E-state index < -0.39 is 0 Å². The molecule has 1 fully saturated rings. The molecule has 5 heteroatoms. The third kappa shape index (κ3) is 2.53. The average molecular weight is 308 g/mol. The molecule has 0 bridgehead atoms. The minimum absolute atomic E-state index is 0.141. The minimum atomic E-state index is -0.277. The van der Waals surface area contributed by atoms with Crippen molar-refractivity contribution in [1.82, 2.24) is 9.97 Å². The molecule has 0 aliphatic carbocycles. The first kappa shape index (κ1) is 14.1. The van der Waals surface area contributed by atoms with Gasteiger partial charge in [0, 0.05) is 30.1 Å². The summed E-state index contributed by atoms with van der Waals surface area (Å²) >= 11 is 0. The molecule has 1 saturated heterocycles. The van der Waals surface area contributed by atoms with Crippen LogP contribution in [0.1, 0.15) is 6.42 Å². The van der Waals surface area contributed by atoms with Crippen LogP contribution in [0.15, 0.2) is 48.5 Å². The lowest BCUT2D eigenvalue weighted by Gasteiger charge is -2.18. The average Bonchev–Trinajstić information content (AvgIpc) is 3.01. The molecule has 1 aliphatic heterocycles. The van der Waals surface area contributed by atoms with Crippen LogP contribution in [0.4, 0.5) is 10.3 Å². The molecule has 3 aromatic rings. The molecular weight excluding hydrogens is 291 g/mol. The van der Waals surface area contributed by atoms with Gasteiger partial charge in [-0.1, -0.05) is 30.3 Å². The Balaban J connectivity index is 1.93. The van der Waals surface area contributed by atoms with E-state index in [1.807, 2.05) is 30.3 Å². The number of hydrogen-bond donors (Lipinski definition) is 1. The van der Waals surface area contributed by atoms with Gasteiger partial charge in [0.15, 0.2) is 0 Å². The summed E-state index contributed by atoms with van der Waals surface area (Å²) in [6.45, 7) is 1.56. The topological polar surface area (TPSA) is 55.0 Å². The molecule has 0 radical (unpaired) electrons. The SMILES string of the molecule is NC1CCN(c2nc(-c3ccccc3F)c3ccccc3n2)C1. The first-order valence-corrected chi connectivity index (χ1v) is 7.74. The standard InChI is InChI=1S/C18H17FN4/c19-15-7-3-1-5-13(15)17-14-6-2-4-8-16(14)21-18(22-17)23-10-9-12(20)11-23/h1-8,12H,9-11,20H2. The van der Waals surface area contributed by atoms with Crippen molar-refractivity contribution in [1.29, 1.82) is 0 Å². The van der Waals surface area contributed by atoms with E-state index in [1.165, 1.54) is 6.07 Å². The van der Waals surface area contributed by atoms with E-state index in [0.29, 0.717) is 17.2 Å². The van der Waals surface area contributed by atoms with E-state index in [4.69, 9.17) is 5.73 Å². The van der Waals surface area contributed by atoms with Crippen molar-refractivity contribution in [3.8, 4) is 11.3 Å². The van der Waals surface area contributed by atoms with Crippen molar-refractivity contribution in [3.63, 3.8) is 0 Å². The molecular formula is C18H17FN4. The van der Waals surface area contributed by atoms with Crippen LogP contribution in [0, 0.1) is 5.82 Å². The van der Waals surface area contributed by atoms with Crippen molar-refractivity contribution >= 4 is 16.9 Å². The number of halogens is 1. The third-order valence-electron chi connectivity index (χ3n) is 4.23. The molecule has 1 aromatic heterocycles. The van der Waals surface area contributed by atoms with Crippen LogP contribution in [-0.2, 0) is 0 Å². The van der Waals surface area contributed by atoms with Gasteiger partial charge < -0.3 is 10.6 Å². The lowest BCUT2D eigenvalue weighted by Crippen LogP contribution is -2.27. The summed E-state index contributed by atoms with van der Waals surface area (Å²) in [5.41, 5.74) is 7.93. The zero-order valence-electron chi connectivity index (χ0n) is 12.6. The van der Waals surface area contributed by atoms with E-state index in [1.54, 1.807) is 12.1 Å². The van der Waals surface area contributed by atoms with Crippen LogP contribution in [-0.4, -0.2) is 29.1 Å². The Kier molecular flexibility index (Phi) is 3.42. The van der Waals surface area contributed by atoms with E-state index in [9.17, 15) is 4.39 Å². The third-order valence-corrected chi connectivity index (χ3v) is 4.23. The van der Waals surface area contributed by atoms with E-state index in [-0.39, 0.29) is 11.9 Å². The highest BCUT2D eigenvalue weighted by molar-refractivity contribution is 5.93. The maximum absolute atomic E-state index is 14.3. The van der Waals surface area contributed by atoms with E-state index >= 15 is 0 Å². The number of benzene rings is 2. The van der Waals surface area contributed by atoms with Crippen LogP contribution < -0.4 is 10.6 Å². The van der Waals surface area contributed by atoms with Crippen molar-refractivity contribution in [2.45, 2.75) is 12.5 Å². The first-order chi connectivity index (χ1) is 11.2. The van der Waals surface area contributed by atoms with Gasteiger partial charge in [-0.05, 0) is 24.6 Å². The molecule has 1 unspecified atom stereocenters. The smallest absolute Gasteiger partial charge is 0.226 e. The molecule has 2 N–H and O–H groups in total. The molecule has 23 heavy (non-hydrogen) atoms. The fourth-order valence-corrected chi connectivity index (χ4v) is 3.03. The summed E-state index contributed by atoms with van der Waals surface area (Å²) < 4.78 is 14.3. The second-order valence-corrected chi connectivity index (χ2v) is 5.86. The quantitative estimate of drug-likeness (QED) is 0.791. The highest BCUT2D eigenvalue weighted by Gasteiger charge is 2.23. The zero-order valence-corrected chi connectivity index (χ0v) is 12.6. The van der Waals surface area contributed by atoms with Gasteiger partial charge in [-0.15, -0.1) is 0 Å².